The summed E-state index contributed by atoms with van der Waals surface area (Å²) in [5.74, 6) is 0.878. The summed E-state index contributed by atoms with van der Waals surface area (Å²) in [6.07, 6.45) is 0. The minimum atomic E-state index is 0. The first kappa shape index (κ1) is 37.1. The van der Waals surface area contributed by atoms with Crippen molar-refractivity contribution in [3.05, 3.63) is 193 Å². The molecule has 12 rings (SSSR count). The largest absolute Gasteiger partial charge is 0.493 e. The van der Waals surface area contributed by atoms with Crippen molar-refractivity contribution in [1.29, 1.82) is 0 Å². The molecule has 0 bridgehead atoms. The summed E-state index contributed by atoms with van der Waals surface area (Å²) in [6.45, 7) is 8.79. The third kappa shape index (κ3) is 5.55. The molecule has 298 valence electrons. The Morgan fingerprint density at radius 3 is 1.93 bits per heavy atom. The summed E-state index contributed by atoms with van der Waals surface area (Å²) < 4.78 is 6.91. The van der Waals surface area contributed by atoms with Crippen LogP contribution in [0, 0.1) is 39.6 Å². The SMILES string of the molecule is Cc1cc(C)c(N2[CH-]N(c3[c-]c(-n4c5[c-]c(-c6nc7ccccc7n6C)ccc5c5c6c7ccccc7n(-c7ccccc7)c6ccc54)ccc3)c3ccccc32)c(C)c1.[Pt]. The normalized spacial score (nSPS) is 12.7. The van der Waals surface area contributed by atoms with Crippen LogP contribution in [-0.4, -0.2) is 18.7 Å². The van der Waals surface area contributed by atoms with E-state index in [1.807, 2.05) is 6.07 Å². The molecular formula is C54H39N6Pt-3. The molecule has 0 atom stereocenters. The van der Waals surface area contributed by atoms with Crippen LogP contribution in [-0.2, 0) is 28.1 Å². The first-order valence-corrected chi connectivity index (χ1v) is 20.5. The van der Waals surface area contributed by atoms with Crippen molar-refractivity contribution in [2.24, 2.45) is 7.05 Å². The van der Waals surface area contributed by atoms with Crippen molar-refractivity contribution >= 4 is 77.4 Å². The fourth-order valence-electron chi connectivity index (χ4n) is 9.86. The minimum Gasteiger partial charge on any atom is -0.493 e. The summed E-state index contributed by atoms with van der Waals surface area (Å²) in [5, 5.41) is 4.75. The third-order valence-electron chi connectivity index (χ3n) is 12.3. The molecule has 1 aliphatic heterocycles. The summed E-state index contributed by atoms with van der Waals surface area (Å²) in [5.41, 5.74) is 17.6. The predicted molar refractivity (Wildman–Crippen MR) is 248 cm³/mol. The predicted octanol–water partition coefficient (Wildman–Crippen LogP) is 13.4. The maximum Gasteiger partial charge on any atom is 0.0770 e. The van der Waals surface area contributed by atoms with Crippen LogP contribution in [0.25, 0.3) is 77.4 Å². The molecule has 0 fully saturated rings. The smallest absolute Gasteiger partial charge is 0.0770 e. The Balaban J connectivity index is 0.00000420. The van der Waals surface area contributed by atoms with Gasteiger partial charge in [-0.2, -0.15) is 6.07 Å². The standard InChI is InChI=1S/C54H39N6.Pt/c1-34-29-35(2)53(36(3)30-34)58-33-57(46-23-12-13-24-47(46)58)39-17-14-18-40(32-39)60-49-28-27-48-51(41-19-8-10-21-44(41)59(48)38-15-6-5-7-16-38)52(49)42-26-25-37(31-50(42)60)54-55-43-20-9-11-22-45(43)56(54)4;/h5-30,33H,1-4H3;/q-3;. The van der Waals surface area contributed by atoms with Gasteiger partial charge < -0.3 is 23.5 Å². The molecule has 11 aromatic rings. The van der Waals surface area contributed by atoms with Gasteiger partial charge in [-0.1, -0.05) is 89.4 Å². The van der Waals surface area contributed by atoms with Gasteiger partial charge in [-0.3, -0.25) is 4.98 Å². The molecule has 0 radical (unpaired) electrons. The van der Waals surface area contributed by atoms with Crippen LogP contribution in [0.4, 0.5) is 22.7 Å². The van der Waals surface area contributed by atoms with E-state index in [0.29, 0.717) is 0 Å². The number of hydrogen-bond acceptors (Lipinski definition) is 3. The van der Waals surface area contributed by atoms with E-state index >= 15 is 0 Å². The zero-order chi connectivity index (χ0) is 40.2. The van der Waals surface area contributed by atoms with Crippen LogP contribution in [0.5, 0.6) is 0 Å². The number of nitrogens with zero attached hydrogens (tertiary/aromatic N) is 6. The first-order valence-electron chi connectivity index (χ1n) is 20.5. The van der Waals surface area contributed by atoms with E-state index in [1.54, 1.807) is 0 Å². The van der Waals surface area contributed by atoms with Gasteiger partial charge in [0.05, 0.1) is 27.9 Å². The number of para-hydroxylation sites is 6. The molecule has 8 aromatic carbocycles. The van der Waals surface area contributed by atoms with E-state index < -0.39 is 0 Å². The Hall–Kier alpha value is -6.88. The average Bonchev–Trinajstić information content (AvgIpc) is 4.01. The van der Waals surface area contributed by atoms with Crippen LogP contribution in [0.1, 0.15) is 16.7 Å². The second-order valence-electron chi connectivity index (χ2n) is 16.0. The molecule has 7 heteroatoms. The van der Waals surface area contributed by atoms with Crippen LogP contribution in [0.15, 0.2) is 158 Å². The first-order chi connectivity index (χ1) is 29.4. The van der Waals surface area contributed by atoms with E-state index in [9.17, 15) is 0 Å². The number of hydrogen-bond donors (Lipinski definition) is 0. The Kier molecular flexibility index (Phi) is 8.59. The zero-order valence-electron chi connectivity index (χ0n) is 34.1. The van der Waals surface area contributed by atoms with Gasteiger partial charge in [-0.05, 0) is 97.4 Å². The number of fused-ring (bicyclic) bond motifs is 9. The van der Waals surface area contributed by atoms with Crippen molar-refractivity contribution in [2.45, 2.75) is 20.8 Å². The van der Waals surface area contributed by atoms with Crippen LogP contribution < -0.4 is 9.80 Å². The molecule has 0 aliphatic carbocycles. The third-order valence-corrected chi connectivity index (χ3v) is 12.3. The van der Waals surface area contributed by atoms with Gasteiger partial charge in [0.25, 0.3) is 0 Å². The quantitative estimate of drug-likeness (QED) is 0.161. The molecule has 4 heterocycles. The fourth-order valence-corrected chi connectivity index (χ4v) is 9.86. The van der Waals surface area contributed by atoms with Crippen LogP contribution in [0.3, 0.4) is 0 Å². The summed E-state index contributed by atoms with van der Waals surface area (Å²) in [4.78, 5) is 9.71. The summed E-state index contributed by atoms with van der Waals surface area (Å²) in [6, 6.07) is 64.2. The summed E-state index contributed by atoms with van der Waals surface area (Å²) in [7, 11) is 2.09. The van der Waals surface area contributed by atoms with Crippen molar-refractivity contribution in [2.75, 3.05) is 9.80 Å². The fraction of sp³-hybridized carbons (Fsp3) is 0.0741. The van der Waals surface area contributed by atoms with E-state index in [0.717, 1.165) is 72.8 Å². The number of anilines is 4. The molecule has 61 heavy (non-hydrogen) atoms. The monoisotopic (exact) mass is 966 g/mol. The number of imidazole rings is 1. The maximum atomic E-state index is 5.11. The van der Waals surface area contributed by atoms with Gasteiger partial charge in [0.2, 0.25) is 0 Å². The zero-order valence-corrected chi connectivity index (χ0v) is 36.4. The molecule has 0 saturated heterocycles. The van der Waals surface area contributed by atoms with Crippen molar-refractivity contribution in [3.8, 4) is 22.8 Å². The van der Waals surface area contributed by atoms with Gasteiger partial charge in [0.1, 0.15) is 0 Å². The van der Waals surface area contributed by atoms with E-state index in [4.69, 9.17) is 4.98 Å². The summed E-state index contributed by atoms with van der Waals surface area (Å²) >= 11 is 0. The number of aryl methyl sites for hydroxylation is 4. The molecule has 0 saturated carbocycles. The molecule has 0 amide bonds. The molecule has 6 nitrogen and oxygen atoms in total. The molecular weight excluding hydrogens is 928 g/mol. The molecule has 3 aromatic heterocycles. The van der Waals surface area contributed by atoms with E-state index in [2.05, 4.69) is 222 Å². The van der Waals surface area contributed by atoms with Crippen molar-refractivity contribution in [1.82, 2.24) is 18.7 Å². The Morgan fingerprint density at radius 2 is 1.16 bits per heavy atom. The van der Waals surface area contributed by atoms with Crippen LogP contribution >= 0.6 is 0 Å². The number of benzene rings is 8. The second kappa shape index (κ2) is 14.1. The van der Waals surface area contributed by atoms with Gasteiger partial charge in [0.15, 0.2) is 0 Å². The molecule has 1 aliphatic rings. The Bertz CT molecular complexity index is 3510. The minimum absolute atomic E-state index is 0. The second-order valence-corrected chi connectivity index (χ2v) is 16.0. The number of rotatable bonds is 5. The van der Waals surface area contributed by atoms with Crippen molar-refractivity contribution < 1.29 is 21.1 Å². The van der Waals surface area contributed by atoms with Gasteiger partial charge in [-0.15, -0.1) is 54.3 Å². The van der Waals surface area contributed by atoms with E-state index in [1.165, 1.54) is 44.1 Å². The molecule has 0 unspecified atom stereocenters. The van der Waals surface area contributed by atoms with E-state index in [-0.39, 0.29) is 21.1 Å². The average molecular weight is 967 g/mol. The topological polar surface area (TPSA) is 34.2 Å². The van der Waals surface area contributed by atoms with Crippen molar-refractivity contribution in [3.63, 3.8) is 0 Å². The Morgan fingerprint density at radius 1 is 0.525 bits per heavy atom. The maximum absolute atomic E-state index is 5.11. The van der Waals surface area contributed by atoms with Gasteiger partial charge >= 0.3 is 0 Å². The number of aromatic nitrogens is 4. The Labute approximate surface area is 368 Å². The van der Waals surface area contributed by atoms with Gasteiger partial charge in [0, 0.05) is 67.2 Å². The molecule has 0 N–H and O–H groups in total. The van der Waals surface area contributed by atoms with Gasteiger partial charge in [-0.25, -0.2) is 0 Å². The van der Waals surface area contributed by atoms with Crippen LogP contribution in [0.2, 0.25) is 0 Å². The molecule has 0 spiro atoms.